The highest BCUT2D eigenvalue weighted by Crippen LogP contribution is 2.49. The van der Waals surface area contributed by atoms with E-state index in [1.54, 1.807) is 6.07 Å². The van der Waals surface area contributed by atoms with Gasteiger partial charge in [-0.05, 0) is 69.0 Å². The van der Waals surface area contributed by atoms with Crippen LogP contribution in [0.3, 0.4) is 0 Å². The number of nitrogens with zero attached hydrogens (tertiary/aromatic N) is 2. The first-order valence-corrected chi connectivity index (χ1v) is 9.59. The van der Waals surface area contributed by atoms with Crippen LogP contribution in [0.2, 0.25) is 0 Å². The number of piperidine rings is 1. The zero-order valence-corrected chi connectivity index (χ0v) is 14.5. The molecule has 0 radical (unpaired) electrons. The standard InChI is InChI=1S/C20H25FN2O2/c21-15-3-4-18-17(11-15)20(13-23(18)19(24)14-1-2-14)6-8-22(9-7-20)16-5-10-25-12-16/h3-4,11,14,16H,1-2,5-10,12-13H2. The van der Waals surface area contributed by atoms with Crippen molar-refractivity contribution >= 4 is 11.6 Å². The van der Waals surface area contributed by atoms with Crippen molar-refractivity contribution in [3.05, 3.63) is 29.6 Å². The highest BCUT2D eigenvalue weighted by molar-refractivity contribution is 5.99. The number of fused-ring (bicyclic) bond motifs is 2. The molecule has 25 heavy (non-hydrogen) atoms. The molecule has 3 fully saturated rings. The Balaban J connectivity index is 1.42. The number of hydrogen-bond donors (Lipinski definition) is 0. The molecule has 1 amide bonds. The molecule has 5 rings (SSSR count). The highest BCUT2D eigenvalue weighted by atomic mass is 19.1. The third-order valence-electron chi connectivity index (χ3n) is 6.65. The summed E-state index contributed by atoms with van der Waals surface area (Å²) in [5.74, 6) is 0.255. The summed E-state index contributed by atoms with van der Waals surface area (Å²) in [5, 5.41) is 0. The quantitative estimate of drug-likeness (QED) is 0.827. The van der Waals surface area contributed by atoms with Crippen molar-refractivity contribution in [2.75, 3.05) is 37.7 Å². The SMILES string of the molecule is O=C(C1CC1)N1CC2(CCN(C3CCOC3)CC2)c2cc(F)ccc21. The van der Waals surface area contributed by atoms with Gasteiger partial charge in [-0.3, -0.25) is 9.69 Å². The molecule has 4 aliphatic rings. The first kappa shape index (κ1) is 15.8. The predicted octanol–water partition coefficient (Wildman–Crippen LogP) is 2.70. The third kappa shape index (κ3) is 2.59. The normalized spacial score (nSPS) is 28.5. The summed E-state index contributed by atoms with van der Waals surface area (Å²) in [6, 6.07) is 5.53. The molecule has 134 valence electrons. The third-order valence-corrected chi connectivity index (χ3v) is 6.65. The highest BCUT2D eigenvalue weighted by Gasteiger charge is 2.49. The van der Waals surface area contributed by atoms with Crippen molar-refractivity contribution in [3.63, 3.8) is 0 Å². The van der Waals surface area contributed by atoms with Crippen LogP contribution in [-0.4, -0.2) is 49.7 Å². The van der Waals surface area contributed by atoms with E-state index in [1.165, 1.54) is 6.07 Å². The lowest BCUT2D eigenvalue weighted by atomic mass is 9.74. The van der Waals surface area contributed by atoms with Gasteiger partial charge in [-0.25, -0.2) is 4.39 Å². The number of halogens is 1. The van der Waals surface area contributed by atoms with Crippen molar-refractivity contribution in [1.82, 2.24) is 4.90 Å². The van der Waals surface area contributed by atoms with Crippen LogP contribution in [0, 0.1) is 11.7 Å². The molecule has 1 spiro atoms. The number of carbonyl (C=O) groups is 1. The molecule has 1 atom stereocenters. The molecule has 5 heteroatoms. The van der Waals surface area contributed by atoms with Gasteiger partial charge in [0.15, 0.2) is 0 Å². The second-order valence-corrected chi connectivity index (χ2v) is 8.19. The molecule has 0 N–H and O–H groups in total. The average molecular weight is 344 g/mol. The minimum Gasteiger partial charge on any atom is -0.380 e. The number of amides is 1. The smallest absolute Gasteiger partial charge is 0.230 e. The van der Waals surface area contributed by atoms with Crippen LogP contribution in [0.15, 0.2) is 18.2 Å². The van der Waals surface area contributed by atoms with Gasteiger partial charge in [0.1, 0.15) is 5.82 Å². The molecule has 1 aromatic rings. The molecule has 2 saturated heterocycles. The summed E-state index contributed by atoms with van der Waals surface area (Å²) < 4.78 is 19.5. The second kappa shape index (κ2) is 5.78. The molecule has 1 aliphatic carbocycles. The van der Waals surface area contributed by atoms with E-state index >= 15 is 0 Å². The van der Waals surface area contributed by atoms with E-state index in [9.17, 15) is 9.18 Å². The first-order valence-electron chi connectivity index (χ1n) is 9.59. The molecule has 1 unspecified atom stereocenters. The van der Waals surface area contributed by atoms with Crippen LogP contribution in [0.5, 0.6) is 0 Å². The van der Waals surface area contributed by atoms with E-state index in [-0.39, 0.29) is 23.1 Å². The zero-order chi connectivity index (χ0) is 17.0. The Morgan fingerprint density at radius 3 is 2.68 bits per heavy atom. The molecule has 3 aliphatic heterocycles. The van der Waals surface area contributed by atoms with Gasteiger partial charge in [-0.15, -0.1) is 0 Å². The molecule has 1 aromatic carbocycles. The molecule has 1 saturated carbocycles. The first-order chi connectivity index (χ1) is 12.2. The maximum Gasteiger partial charge on any atom is 0.230 e. The second-order valence-electron chi connectivity index (χ2n) is 8.19. The Hall–Kier alpha value is -1.46. The zero-order valence-electron chi connectivity index (χ0n) is 14.5. The van der Waals surface area contributed by atoms with Gasteiger partial charge in [0.2, 0.25) is 5.91 Å². The van der Waals surface area contributed by atoms with E-state index in [2.05, 4.69) is 4.90 Å². The lowest BCUT2D eigenvalue weighted by Crippen LogP contribution is -2.49. The van der Waals surface area contributed by atoms with Crippen molar-refractivity contribution < 1.29 is 13.9 Å². The fraction of sp³-hybridized carbons (Fsp3) is 0.650. The molecule has 0 aromatic heterocycles. The molecule has 4 nitrogen and oxygen atoms in total. The predicted molar refractivity (Wildman–Crippen MR) is 93.2 cm³/mol. The largest absolute Gasteiger partial charge is 0.380 e. The molecular formula is C20H25FN2O2. The minimum atomic E-state index is -0.189. The number of anilines is 1. The van der Waals surface area contributed by atoms with Crippen LogP contribution in [0.4, 0.5) is 10.1 Å². The fourth-order valence-corrected chi connectivity index (χ4v) is 4.94. The van der Waals surface area contributed by atoms with Crippen LogP contribution in [-0.2, 0) is 14.9 Å². The van der Waals surface area contributed by atoms with Gasteiger partial charge in [0.25, 0.3) is 0 Å². The van der Waals surface area contributed by atoms with Crippen LogP contribution in [0.25, 0.3) is 0 Å². The Bertz CT molecular complexity index is 689. The maximum atomic E-state index is 14.0. The maximum absolute atomic E-state index is 14.0. The van der Waals surface area contributed by atoms with Crippen LogP contribution in [0.1, 0.15) is 37.7 Å². The topological polar surface area (TPSA) is 32.8 Å². The van der Waals surface area contributed by atoms with Gasteiger partial charge in [0.05, 0.1) is 6.61 Å². The molecule has 3 heterocycles. The van der Waals surface area contributed by atoms with Gasteiger partial charge < -0.3 is 9.64 Å². The lowest BCUT2D eigenvalue weighted by Gasteiger charge is -2.42. The van der Waals surface area contributed by atoms with Crippen molar-refractivity contribution in [3.8, 4) is 0 Å². The molecule has 0 bridgehead atoms. The Morgan fingerprint density at radius 2 is 2.00 bits per heavy atom. The van der Waals surface area contributed by atoms with Crippen LogP contribution < -0.4 is 4.90 Å². The number of rotatable bonds is 2. The summed E-state index contributed by atoms with van der Waals surface area (Å²) in [6.07, 6.45) is 5.12. The van der Waals surface area contributed by atoms with Gasteiger partial charge in [0, 0.05) is 36.2 Å². The Labute approximate surface area is 147 Å². The number of benzene rings is 1. The Kier molecular flexibility index (Phi) is 3.64. The van der Waals surface area contributed by atoms with E-state index < -0.39 is 0 Å². The van der Waals surface area contributed by atoms with E-state index in [0.717, 1.165) is 76.2 Å². The minimum absolute atomic E-state index is 0.0715. The monoisotopic (exact) mass is 344 g/mol. The van der Waals surface area contributed by atoms with E-state index in [1.807, 2.05) is 11.0 Å². The Morgan fingerprint density at radius 1 is 1.20 bits per heavy atom. The van der Waals surface area contributed by atoms with Gasteiger partial charge in [-0.2, -0.15) is 0 Å². The number of likely N-dealkylation sites (tertiary alicyclic amines) is 1. The summed E-state index contributed by atoms with van der Waals surface area (Å²) in [5.41, 5.74) is 1.94. The average Bonchev–Trinajstić information content (AvgIpc) is 3.25. The van der Waals surface area contributed by atoms with Crippen LogP contribution >= 0.6 is 0 Å². The number of hydrogen-bond acceptors (Lipinski definition) is 3. The van der Waals surface area contributed by atoms with Gasteiger partial charge in [-0.1, -0.05) is 0 Å². The van der Waals surface area contributed by atoms with Crippen molar-refractivity contribution in [2.45, 2.75) is 43.6 Å². The number of carbonyl (C=O) groups excluding carboxylic acids is 1. The molecular weight excluding hydrogens is 319 g/mol. The van der Waals surface area contributed by atoms with Gasteiger partial charge >= 0.3 is 0 Å². The summed E-state index contributed by atoms with van der Waals surface area (Å²) >= 11 is 0. The summed E-state index contributed by atoms with van der Waals surface area (Å²) in [6.45, 7) is 4.45. The fourth-order valence-electron chi connectivity index (χ4n) is 4.94. The summed E-state index contributed by atoms with van der Waals surface area (Å²) in [4.78, 5) is 17.2. The lowest BCUT2D eigenvalue weighted by molar-refractivity contribution is -0.119. The number of ether oxygens (including phenoxy) is 1. The van der Waals surface area contributed by atoms with E-state index in [4.69, 9.17) is 4.74 Å². The van der Waals surface area contributed by atoms with Crippen molar-refractivity contribution in [1.29, 1.82) is 0 Å². The van der Waals surface area contributed by atoms with E-state index in [0.29, 0.717) is 6.04 Å². The van der Waals surface area contributed by atoms with Crippen molar-refractivity contribution in [2.24, 2.45) is 5.92 Å². The summed E-state index contributed by atoms with van der Waals surface area (Å²) in [7, 11) is 0.